The molecule has 4 heteroatoms. The molecule has 1 aliphatic rings. The van der Waals surface area contributed by atoms with Gasteiger partial charge in [-0.3, -0.25) is 0 Å². The Morgan fingerprint density at radius 1 is 0.964 bits per heavy atom. The van der Waals surface area contributed by atoms with E-state index in [1.54, 1.807) is 16.4 Å². The fourth-order valence-electron chi connectivity index (χ4n) is 3.67. The van der Waals surface area contributed by atoms with Crippen LogP contribution in [0.25, 0.3) is 10.8 Å². The maximum atomic E-state index is 13.5. The molecule has 28 heavy (non-hydrogen) atoms. The lowest BCUT2D eigenvalue weighted by atomic mass is 9.82. The molecule has 1 aliphatic carbocycles. The predicted molar refractivity (Wildman–Crippen MR) is 115 cm³/mol. The van der Waals surface area contributed by atoms with E-state index >= 15 is 0 Å². The highest BCUT2D eigenvalue weighted by Gasteiger charge is 2.39. The second kappa shape index (κ2) is 7.04. The van der Waals surface area contributed by atoms with Crippen LogP contribution < -0.4 is 0 Å². The highest BCUT2D eigenvalue weighted by molar-refractivity contribution is 7.89. The molecule has 3 aromatic carbocycles. The van der Waals surface area contributed by atoms with Crippen LogP contribution in [0.3, 0.4) is 0 Å². The first-order valence-corrected chi connectivity index (χ1v) is 10.7. The van der Waals surface area contributed by atoms with Crippen LogP contribution in [-0.4, -0.2) is 18.8 Å². The van der Waals surface area contributed by atoms with Gasteiger partial charge in [-0.05, 0) is 53.0 Å². The Balaban J connectivity index is 1.79. The minimum atomic E-state index is -3.67. The van der Waals surface area contributed by atoms with E-state index < -0.39 is 10.0 Å². The second-order valence-corrected chi connectivity index (χ2v) is 9.24. The fourth-order valence-corrected chi connectivity index (χ4v) is 5.27. The third-order valence-corrected chi connectivity index (χ3v) is 7.35. The Bertz CT molecular complexity index is 1170. The van der Waals surface area contributed by atoms with Gasteiger partial charge < -0.3 is 0 Å². The largest absolute Gasteiger partial charge is 0.243 e. The van der Waals surface area contributed by atoms with Crippen LogP contribution in [0.4, 0.5) is 0 Å². The van der Waals surface area contributed by atoms with Gasteiger partial charge in [0, 0.05) is 6.54 Å². The molecule has 0 saturated heterocycles. The Kier molecular flexibility index (Phi) is 4.69. The molecule has 0 heterocycles. The minimum absolute atomic E-state index is 0.252. The van der Waals surface area contributed by atoms with Crippen molar-refractivity contribution in [3.05, 3.63) is 102 Å². The van der Waals surface area contributed by atoms with E-state index in [1.807, 2.05) is 61.5 Å². The number of sulfonamides is 1. The number of benzene rings is 3. The molecule has 0 aliphatic heterocycles. The maximum Gasteiger partial charge on any atom is 0.243 e. The highest BCUT2D eigenvalue weighted by atomic mass is 32.2. The number of hydrogen-bond acceptors (Lipinski definition) is 2. The lowest BCUT2D eigenvalue weighted by molar-refractivity contribution is 0.318. The molecule has 1 atom stereocenters. The van der Waals surface area contributed by atoms with Crippen molar-refractivity contribution in [2.45, 2.75) is 30.8 Å². The molecule has 1 saturated carbocycles. The Hall–Kier alpha value is -2.69. The van der Waals surface area contributed by atoms with Crippen LogP contribution in [0.2, 0.25) is 0 Å². The lowest BCUT2D eigenvalue weighted by Crippen LogP contribution is -2.45. The summed E-state index contributed by atoms with van der Waals surface area (Å²) in [6.07, 6.45) is 0.620. The summed E-state index contributed by atoms with van der Waals surface area (Å²) in [7, 11) is -3.67. The molecule has 0 bridgehead atoms. The molecule has 3 aromatic rings. The van der Waals surface area contributed by atoms with Crippen molar-refractivity contribution < 1.29 is 8.42 Å². The standard InChI is InChI=1S/C24H23NO2S/c1-17-11-13-22(14-12-17)28(26,27)25(24-15-18(2)19(24)3)16-21-9-6-8-20-7-4-5-10-23(20)21/h4-14,24H,2-3,15-16H2,1H3/t24-/m1/s1. The quantitative estimate of drug-likeness (QED) is 0.600. The summed E-state index contributed by atoms with van der Waals surface area (Å²) in [5, 5.41) is 2.17. The zero-order chi connectivity index (χ0) is 19.9. The SMILES string of the molecule is C=C1C[C@@H](N(Cc2cccc3ccccc23)S(=O)(=O)c2ccc(C)cc2)C1=C. The van der Waals surface area contributed by atoms with Gasteiger partial charge >= 0.3 is 0 Å². The van der Waals surface area contributed by atoms with Gasteiger partial charge in [0.1, 0.15) is 0 Å². The first-order chi connectivity index (χ1) is 13.4. The molecule has 0 N–H and O–H groups in total. The Labute approximate surface area is 166 Å². The molecular formula is C24H23NO2S. The molecule has 0 aromatic heterocycles. The monoisotopic (exact) mass is 389 g/mol. The molecule has 0 radical (unpaired) electrons. The lowest BCUT2D eigenvalue weighted by Gasteiger charge is -2.40. The van der Waals surface area contributed by atoms with Crippen molar-refractivity contribution >= 4 is 20.8 Å². The van der Waals surface area contributed by atoms with E-state index in [-0.39, 0.29) is 6.04 Å². The van der Waals surface area contributed by atoms with E-state index in [9.17, 15) is 8.42 Å². The van der Waals surface area contributed by atoms with Gasteiger partial charge in [0.15, 0.2) is 0 Å². The summed E-state index contributed by atoms with van der Waals surface area (Å²) >= 11 is 0. The number of rotatable bonds is 5. The third kappa shape index (κ3) is 3.19. The third-order valence-electron chi connectivity index (χ3n) is 5.48. The first kappa shape index (κ1) is 18.7. The number of nitrogens with zero attached hydrogens (tertiary/aromatic N) is 1. The molecule has 0 spiro atoms. The normalized spacial score (nSPS) is 17.1. The van der Waals surface area contributed by atoms with Gasteiger partial charge in [0.2, 0.25) is 10.0 Å². The number of hydrogen-bond donors (Lipinski definition) is 0. The van der Waals surface area contributed by atoms with E-state index in [2.05, 4.69) is 13.2 Å². The van der Waals surface area contributed by atoms with Gasteiger partial charge in [-0.15, -0.1) is 0 Å². The van der Waals surface area contributed by atoms with Gasteiger partial charge in [-0.25, -0.2) is 8.42 Å². The van der Waals surface area contributed by atoms with E-state index in [0.29, 0.717) is 17.9 Å². The van der Waals surface area contributed by atoms with Crippen molar-refractivity contribution in [1.82, 2.24) is 4.31 Å². The van der Waals surface area contributed by atoms with Gasteiger partial charge in [0.25, 0.3) is 0 Å². The Morgan fingerprint density at radius 2 is 1.64 bits per heavy atom. The van der Waals surface area contributed by atoms with Gasteiger partial charge in [-0.1, -0.05) is 73.3 Å². The van der Waals surface area contributed by atoms with Crippen molar-refractivity contribution in [1.29, 1.82) is 0 Å². The highest BCUT2D eigenvalue weighted by Crippen LogP contribution is 2.39. The summed E-state index contributed by atoms with van der Waals surface area (Å²) in [6.45, 7) is 10.3. The van der Waals surface area contributed by atoms with Crippen molar-refractivity contribution in [2.75, 3.05) is 0 Å². The zero-order valence-electron chi connectivity index (χ0n) is 15.9. The smallest absolute Gasteiger partial charge is 0.207 e. The summed E-state index contributed by atoms with van der Waals surface area (Å²) < 4.78 is 28.6. The average molecular weight is 390 g/mol. The van der Waals surface area contributed by atoms with E-state index in [4.69, 9.17) is 0 Å². The molecule has 142 valence electrons. The molecule has 1 fully saturated rings. The fraction of sp³-hybridized carbons (Fsp3) is 0.167. The molecular weight excluding hydrogens is 366 g/mol. The summed E-state index contributed by atoms with van der Waals surface area (Å²) in [5.74, 6) is 0. The van der Waals surface area contributed by atoms with Crippen molar-refractivity contribution in [3.63, 3.8) is 0 Å². The topological polar surface area (TPSA) is 37.4 Å². The van der Waals surface area contributed by atoms with E-state index in [1.165, 1.54) is 0 Å². The molecule has 3 nitrogen and oxygen atoms in total. The first-order valence-electron chi connectivity index (χ1n) is 9.30. The minimum Gasteiger partial charge on any atom is -0.207 e. The van der Waals surface area contributed by atoms with Crippen LogP contribution in [0, 0.1) is 6.92 Å². The molecule has 0 unspecified atom stereocenters. The Morgan fingerprint density at radius 3 is 2.32 bits per heavy atom. The summed E-state index contributed by atoms with van der Waals surface area (Å²) in [4.78, 5) is 0.309. The summed E-state index contributed by atoms with van der Waals surface area (Å²) in [6, 6.07) is 20.8. The van der Waals surface area contributed by atoms with Crippen LogP contribution in [-0.2, 0) is 16.6 Å². The maximum absolute atomic E-state index is 13.5. The van der Waals surface area contributed by atoms with Crippen LogP contribution >= 0.6 is 0 Å². The van der Waals surface area contributed by atoms with Crippen LogP contribution in [0.15, 0.2) is 95.9 Å². The molecule has 4 rings (SSSR count). The van der Waals surface area contributed by atoms with Crippen LogP contribution in [0.5, 0.6) is 0 Å². The molecule has 0 amide bonds. The van der Waals surface area contributed by atoms with Crippen LogP contribution in [0.1, 0.15) is 17.5 Å². The number of fused-ring (bicyclic) bond motifs is 1. The predicted octanol–water partition coefficient (Wildman–Crippen LogP) is 5.22. The van der Waals surface area contributed by atoms with Crippen molar-refractivity contribution in [2.24, 2.45) is 0 Å². The summed E-state index contributed by atoms with van der Waals surface area (Å²) in [5.41, 5.74) is 3.74. The van der Waals surface area contributed by atoms with Gasteiger partial charge in [0.05, 0.1) is 10.9 Å². The number of aryl methyl sites for hydroxylation is 1. The van der Waals surface area contributed by atoms with E-state index in [0.717, 1.165) is 33.0 Å². The second-order valence-electron chi connectivity index (χ2n) is 7.35. The average Bonchev–Trinajstić information content (AvgIpc) is 2.70. The zero-order valence-corrected chi connectivity index (χ0v) is 16.7. The van der Waals surface area contributed by atoms with Gasteiger partial charge in [-0.2, -0.15) is 4.31 Å². The van der Waals surface area contributed by atoms with Crippen molar-refractivity contribution in [3.8, 4) is 0 Å².